The van der Waals surface area contributed by atoms with E-state index in [1.54, 1.807) is 0 Å². The Kier molecular flexibility index (Phi) is 14.2. The molecule has 3 N–H and O–H groups in total. The van der Waals surface area contributed by atoms with E-state index in [1.807, 2.05) is 0 Å². The van der Waals surface area contributed by atoms with Gasteiger partial charge in [-0.2, -0.15) is 0 Å². The van der Waals surface area contributed by atoms with E-state index in [2.05, 4.69) is 5.32 Å². The number of hydrogen-bond acceptors (Lipinski definition) is 15. The number of carbonyl (C=O) groups is 4. The molecule has 2 heterocycles. The van der Waals surface area contributed by atoms with Crippen LogP contribution in [-0.2, 0) is 57.0 Å². The monoisotopic (exact) mass is 669 g/mol. The van der Waals surface area contributed by atoms with Crippen LogP contribution >= 0.6 is 34.8 Å². The Labute approximate surface area is 255 Å². The van der Waals surface area contributed by atoms with Crippen LogP contribution in [0.1, 0.15) is 20.8 Å². The Hall–Kier alpha value is -1.73. The molecule has 0 radical (unpaired) electrons. The van der Waals surface area contributed by atoms with Gasteiger partial charge in [0.05, 0.1) is 6.61 Å². The molecule has 2 rings (SSSR count). The number of carbonyl (C=O) groups excluding carboxylic acids is 4. The topological polar surface area (TPSA) is 204 Å². The van der Waals surface area contributed by atoms with Crippen molar-refractivity contribution in [2.75, 3.05) is 34.0 Å². The Morgan fingerprint density at radius 2 is 1.38 bits per heavy atom. The number of alkyl halides is 3. The lowest BCUT2D eigenvalue weighted by atomic mass is 9.96. The molecule has 0 aromatic heterocycles. The van der Waals surface area contributed by atoms with Crippen LogP contribution in [0.15, 0.2) is 0 Å². The molecule has 0 saturated carbocycles. The average molecular weight is 671 g/mol. The van der Waals surface area contributed by atoms with Crippen LogP contribution in [0.5, 0.6) is 0 Å². The second-order valence-electron chi connectivity index (χ2n) is 9.14. The lowest BCUT2D eigenvalue weighted by Crippen LogP contribution is -2.67. The smallest absolute Gasteiger partial charge is 0.407 e. The van der Waals surface area contributed by atoms with Crippen molar-refractivity contribution in [1.82, 2.24) is 5.32 Å². The molecule has 16 nitrogen and oxygen atoms in total. The summed E-state index contributed by atoms with van der Waals surface area (Å²) in [7, 11) is 2.58. The number of halogens is 3. The molecule has 0 aliphatic carbocycles. The number of hydrogen-bond donors (Lipinski definition) is 3. The maximum atomic E-state index is 12.6. The molecular weight excluding hydrogens is 637 g/mol. The molecule has 2 saturated heterocycles. The van der Waals surface area contributed by atoms with Gasteiger partial charge in [-0.05, 0) is 0 Å². The standard InChI is InChI=1S/C23H34Cl3NO15/c1-9(28)36-7-13-16(39-10(2)29)17(40-11(3)30)14(27-22(33)38-8-23(24,25)26)21(42-13)37-6-12-15(31)18(34-4)19(35-5)20(32)41-12/h12-21,31-32H,6-8H2,1-5H3,(H,27,33)/t12-,13-,14-,15-,16-,17-,18+,19-,20+,21-/m1/s1. The van der Waals surface area contributed by atoms with Crippen molar-refractivity contribution in [3.8, 4) is 0 Å². The molecule has 1 amide bonds. The number of esters is 3. The highest BCUT2D eigenvalue weighted by Gasteiger charge is 2.53. The average Bonchev–Trinajstić information content (AvgIpc) is 2.88. The lowest BCUT2D eigenvalue weighted by Gasteiger charge is -2.46. The van der Waals surface area contributed by atoms with Gasteiger partial charge in [-0.3, -0.25) is 14.4 Å². The van der Waals surface area contributed by atoms with Crippen molar-refractivity contribution < 1.29 is 72.0 Å². The summed E-state index contributed by atoms with van der Waals surface area (Å²) in [5.41, 5.74) is 0. The van der Waals surface area contributed by atoms with Gasteiger partial charge in [0.2, 0.25) is 3.79 Å². The summed E-state index contributed by atoms with van der Waals surface area (Å²) in [4.78, 5) is 48.2. The van der Waals surface area contributed by atoms with Gasteiger partial charge in [0.1, 0.15) is 49.8 Å². The van der Waals surface area contributed by atoms with Crippen LogP contribution in [-0.4, -0.2) is 133 Å². The highest BCUT2D eigenvalue weighted by Crippen LogP contribution is 2.30. The zero-order chi connectivity index (χ0) is 31.8. The fourth-order valence-electron chi connectivity index (χ4n) is 4.28. The van der Waals surface area contributed by atoms with Crippen molar-refractivity contribution in [2.24, 2.45) is 0 Å². The van der Waals surface area contributed by atoms with Crippen LogP contribution in [0.4, 0.5) is 4.79 Å². The molecule has 0 bridgehead atoms. The molecule has 2 aliphatic heterocycles. The van der Waals surface area contributed by atoms with Crippen molar-refractivity contribution in [1.29, 1.82) is 0 Å². The normalized spacial score (nSPS) is 33.3. The molecule has 0 unspecified atom stereocenters. The maximum Gasteiger partial charge on any atom is 0.407 e. The van der Waals surface area contributed by atoms with Gasteiger partial charge in [-0.25, -0.2) is 4.79 Å². The van der Waals surface area contributed by atoms with Crippen LogP contribution in [0.25, 0.3) is 0 Å². The molecule has 2 fully saturated rings. The second-order valence-corrected chi connectivity index (χ2v) is 11.7. The fraction of sp³-hybridized carbons (Fsp3) is 0.826. The molecule has 10 atom stereocenters. The third kappa shape index (κ3) is 10.8. The first-order chi connectivity index (χ1) is 19.6. The SMILES string of the molecule is CO[C@@H]1[C@@H](OC)[C@H](O)[C@@H](CO[C@@H]2O[C@H](COC(C)=O)[C@@H](OC(C)=O)[C@H](OC(C)=O)[C@H]2NC(=O)OCC(Cl)(Cl)Cl)O[C@@H]1O. The number of nitrogens with one attached hydrogen (secondary N) is 1. The highest BCUT2D eigenvalue weighted by molar-refractivity contribution is 6.67. The maximum absolute atomic E-state index is 12.6. The van der Waals surface area contributed by atoms with Gasteiger partial charge < -0.3 is 58.2 Å². The first kappa shape index (κ1) is 36.5. The zero-order valence-electron chi connectivity index (χ0n) is 23.2. The largest absolute Gasteiger partial charge is 0.463 e. The number of rotatable bonds is 11. The predicted octanol–water partition coefficient (Wildman–Crippen LogP) is -0.272. The van der Waals surface area contributed by atoms with Crippen LogP contribution in [0.2, 0.25) is 0 Å². The summed E-state index contributed by atoms with van der Waals surface area (Å²) in [5.74, 6) is -2.38. The van der Waals surface area contributed by atoms with Crippen molar-refractivity contribution in [2.45, 2.75) is 85.9 Å². The Morgan fingerprint density at radius 3 is 1.90 bits per heavy atom. The van der Waals surface area contributed by atoms with E-state index in [-0.39, 0.29) is 0 Å². The molecule has 19 heteroatoms. The van der Waals surface area contributed by atoms with Crippen LogP contribution in [0.3, 0.4) is 0 Å². The number of aliphatic hydroxyl groups excluding tert-OH is 2. The van der Waals surface area contributed by atoms with Gasteiger partial charge >= 0.3 is 24.0 Å². The third-order valence-electron chi connectivity index (χ3n) is 5.96. The summed E-state index contributed by atoms with van der Waals surface area (Å²) >= 11 is 16.9. The van der Waals surface area contributed by atoms with E-state index < -0.39 is 109 Å². The van der Waals surface area contributed by atoms with Crippen LogP contribution < -0.4 is 5.32 Å². The number of amides is 1. The summed E-state index contributed by atoms with van der Waals surface area (Å²) < 4.78 is 46.2. The Morgan fingerprint density at radius 1 is 0.786 bits per heavy atom. The zero-order valence-corrected chi connectivity index (χ0v) is 25.5. The van der Waals surface area contributed by atoms with Gasteiger partial charge in [0, 0.05) is 35.0 Å². The van der Waals surface area contributed by atoms with Gasteiger partial charge in [0.15, 0.2) is 24.8 Å². The van der Waals surface area contributed by atoms with E-state index in [0.29, 0.717) is 0 Å². The highest BCUT2D eigenvalue weighted by atomic mass is 35.6. The molecule has 0 aromatic carbocycles. The summed E-state index contributed by atoms with van der Waals surface area (Å²) in [6, 6.07) is -1.47. The summed E-state index contributed by atoms with van der Waals surface area (Å²) in [5, 5.41) is 23.5. The predicted molar refractivity (Wildman–Crippen MR) is 139 cm³/mol. The molecule has 0 aromatic rings. The third-order valence-corrected chi connectivity index (χ3v) is 6.29. The summed E-state index contributed by atoms with van der Waals surface area (Å²) in [6.07, 6.45) is -13.1. The van der Waals surface area contributed by atoms with Gasteiger partial charge in [-0.1, -0.05) is 34.8 Å². The lowest BCUT2D eigenvalue weighted by molar-refractivity contribution is -0.317. The first-order valence-corrected chi connectivity index (χ1v) is 13.5. The number of aliphatic hydroxyl groups is 2. The van der Waals surface area contributed by atoms with Crippen molar-refractivity contribution >= 4 is 58.8 Å². The van der Waals surface area contributed by atoms with Gasteiger partial charge in [-0.15, -0.1) is 0 Å². The number of ether oxygens (including phenoxy) is 9. The molecular formula is C23H34Cl3NO15. The van der Waals surface area contributed by atoms with Crippen LogP contribution in [0, 0.1) is 0 Å². The quantitative estimate of drug-likeness (QED) is 0.147. The minimum atomic E-state index is -1.96. The second kappa shape index (κ2) is 16.4. The number of alkyl carbamates (subject to hydrolysis) is 1. The summed E-state index contributed by atoms with van der Waals surface area (Å²) in [6.45, 7) is 1.59. The van der Waals surface area contributed by atoms with E-state index in [9.17, 15) is 29.4 Å². The van der Waals surface area contributed by atoms with E-state index in [1.165, 1.54) is 14.2 Å². The van der Waals surface area contributed by atoms with Gasteiger partial charge in [0.25, 0.3) is 0 Å². The molecule has 2 aliphatic rings. The number of methoxy groups -OCH3 is 2. The van der Waals surface area contributed by atoms with E-state index in [0.717, 1.165) is 20.8 Å². The Bertz CT molecular complexity index is 937. The minimum Gasteiger partial charge on any atom is -0.463 e. The van der Waals surface area contributed by atoms with E-state index in [4.69, 9.17) is 77.4 Å². The minimum absolute atomic E-state index is 0.488. The molecule has 242 valence electrons. The molecule has 42 heavy (non-hydrogen) atoms. The van der Waals surface area contributed by atoms with Crippen molar-refractivity contribution in [3.05, 3.63) is 0 Å². The van der Waals surface area contributed by atoms with E-state index >= 15 is 0 Å². The molecule has 0 spiro atoms. The fourth-order valence-corrected chi connectivity index (χ4v) is 4.44. The van der Waals surface area contributed by atoms with Crippen molar-refractivity contribution in [3.63, 3.8) is 0 Å². The first-order valence-electron chi connectivity index (χ1n) is 12.4. The Balaban J connectivity index is 2.40.